The topological polar surface area (TPSA) is 12.5 Å². The smallest absolute Gasteiger partial charge is 0.0642 e. The highest BCUT2D eigenvalue weighted by Crippen LogP contribution is 2.17. The summed E-state index contributed by atoms with van der Waals surface area (Å²) in [6.07, 6.45) is 2.18. The Hall–Kier alpha value is -1.54. The van der Waals surface area contributed by atoms with Crippen molar-refractivity contribution in [3.05, 3.63) is 53.7 Å². The van der Waals surface area contributed by atoms with E-state index in [9.17, 15) is 0 Å². The lowest BCUT2D eigenvalue weighted by atomic mass is 10.1. The molecule has 0 aliphatic carbocycles. The van der Waals surface area contributed by atoms with Gasteiger partial charge in [-0.2, -0.15) is 0 Å². The molecule has 0 bridgehead atoms. The zero-order valence-electron chi connectivity index (χ0n) is 10.4. The number of ether oxygens (including phenoxy) is 1. The molecular formula is C15H19NO. The fourth-order valence-electron chi connectivity index (χ4n) is 1.97. The van der Waals surface area contributed by atoms with Gasteiger partial charge in [0, 0.05) is 18.8 Å². The van der Waals surface area contributed by atoms with Gasteiger partial charge in [0.25, 0.3) is 0 Å². The van der Waals surface area contributed by atoms with Crippen molar-refractivity contribution in [2.75, 3.05) is 26.3 Å². The molecule has 0 unspecified atom stereocenters. The van der Waals surface area contributed by atoms with E-state index in [1.807, 2.05) is 6.07 Å². The van der Waals surface area contributed by atoms with Gasteiger partial charge in [0.2, 0.25) is 0 Å². The quantitative estimate of drug-likeness (QED) is 0.739. The van der Waals surface area contributed by atoms with Gasteiger partial charge in [0.1, 0.15) is 0 Å². The van der Waals surface area contributed by atoms with Crippen molar-refractivity contribution in [3.8, 4) is 0 Å². The molecule has 0 saturated carbocycles. The normalized spacial score (nSPS) is 17.0. The van der Waals surface area contributed by atoms with E-state index in [0.717, 1.165) is 32.0 Å². The van der Waals surface area contributed by atoms with Gasteiger partial charge in [0.15, 0.2) is 0 Å². The molecule has 2 heteroatoms. The maximum absolute atomic E-state index is 5.35. The first-order valence-corrected chi connectivity index (χ1v) is 6.02. The highest BCUT2D eigenvalue weighted by molar-refractivity contribution is 5.56. The predicted molar refractivity (Wildman–Crippen MR) is 71.6 cm³/mol. The van der Waals surface area contributed by atoms with Crippen LogP contribution in [0.15, 0.2) is 48.2 Å². The summed E-state index contributed by atoms with van der Waals surface area (Å²) >= 11 is 0. The minimum absolute atomic E-state index is 0.803. The number of hydrogen-bond acceptors (Lipinski definition) is 2. The second kappa shape index (κ2) is 5.69. The lowest BCUT2D eigenvalue weighted by molar-refractivity contribution is 0.0550. The van der Waals surface area contributed by atoms with Crippen molar-refractivity contribution in [1.29, 1.82) is 0 Å². The Morgan fingerprint density at radius 2 is 1.88 bits per heavy atom. The van der Waals surface area contributed by atoms with Crippen LogP contribution in [-0.2, 0) is 4.74 Å². The minimum Gasteiger partial charge on any atom is -0.378 e. The molecule has 90 valence electrons. The van der Waals surface area contributed by atoms with E-state index in [2.05, 4.69) is 48.7 Å². The van der Waals surface area contributed by atoms with E-state index in [-0.39, 0.29) is 0 Å². The monoisotopic (exact) mass is 229 g/mol. The van der Waals surface area contributed by atoms with Crippen molar-refractivity contribution in [1.82, 2.24) is 4.90 Å². The van der Waals surface area contributed by atoms with Crippen molar-refractivity contribution in [2.24, 2.45) is 0 Å². The number of rotatable bonds is 3. The van der Waals surface area contributed by atoms with Gasteiger partial charge in [-0.25, -0.2) is 0 Å². The van der Waals surface area contributed by atoms with Gasteiger partial charge >= 0.3 is 0 Å². The molecule has 1 aliphatic heterocycles. The highest BCUT2D eigenvalue weighted by atomic mass is 16.5. The molecule has 0 aromatic heterocycles. The first-order chi connectivity index (χ1) is 8.27. The maximum atomic E-state index is 5.35. The van der Waals surface area contributed by atoms with Crippen LogP contribution in [0.1, 0.15) is 12.5 Å². The van der Waals surface area contributed by atoms with Gasteiger partial charge in [-0.05, 0) is 18.1 Å². The molecule has 0 spiro atoms. The number of morpholine rings is 1. The van der Waals surface area contributed by atoms with Gasteiger partial charge in [-0.1, -0.05) is 43.0 Å². The summed E-state index contributed by atoms with van der Waals surface area (Å²) in [4.78, 5) is 2.29. The van der Waals surface area contributed by atoms with Crippen molar-refractivity contribution >= 4 is 6.08 Å². The van der Waals surface area contributed by atoms with E-state index in [1.165, 1.54) is 11.1 Å². The number of benzene rings is 1. The highest BCUT2D eigenvalue weighted by Gasteiger charge is 2.12. The lowest BCUT2D eigenvalue weighted by Crippen LogP contribution is -2.35. The summed E-state index contributed by atoms with van der Waals surface area (Å²) in [5.74, 6) is 0. The summed E-state index contributed by atoms with van der Waals surface area (Å²) in [5.41, 5.74) is 3.55. The molecule has 0 atom stereocenters. The molecule has 1 aromatic rings. The van der Waals surface area contributed by atoms with E-state index in [0.29, 0.717) is 0 Å². The molecule has 17 heavy (non-hydrogen) atoms. The van der Waals surface area contributed by atoms with Gasteiger partial charge in [-0.3, -0.25) is 0 Å². The summed E-state index contributed by atoms with van der Waals surface area (Å²) < 4.78 is 5.35. The van der Waals surface area contributed by atoms with Crippen LogP contribution in [0, 0.1) is 0 Å². The molecule has 2 nitrogen and oxygen atoms in total. The predicted octanol–water partition coefficient (Wildman–Crippen LogP) is 2.94. The zero-order chi connectivity index (χ0) is 12.1. The Balaban J connectivity index is 2.06. The first-order valence-electron chi connectivity index (χ1n) is 6.02. The number of hydrogen-bond donors (Lipinski definition) is 0. The maximum Gasteiger partial charge on any atom is 0.0642 e. The Bertz CT molecular complexity index is 402. The Labute approximate surface area is 103 Å². The Morgan fingerprint density at radius 1 is 1.24 bits per heavy atom. The van der Waals surface area contributed by atoms with Gasteiger partial charge in [-0.15, -0.1) is 0 Å². The SMILES string of the molecule is C=C(/C(C)=C/c1ccccc1)N1CCOCC1. The molecule has 0 N–H and O–H groups in total. The summed E-state index contributed by atoms with van der Waals surface area (Å²) in [5, 5.41) is 0. The summed E-state index contributed by atoms with van der Waals surface area (Å²) in [7, 11) is 0. The van der Waals surface area contributed by atoms with Crippen LogP contribution in [0.5, 0.6) is 0 Å². The molecular weight excluding hydrogens is 210 g/mol. The largest absolute Gasteiger partial charge is 0.378 e. The average Bonchev–Trinajstić information content (AvgIpc) is 2.40. The molecule has 2 rings (SSSR count). The van der Waals surface area contributed by atoms with Gasteiger partial charge in [0.05, 0.1) is 13.2 Å². The van der Waals surface area contributed by atoms with Crippen LogP contribution in [-0.4, -0.2) is 31.2 Å². The standard InChI is InChI=1S/C15H19NO/c1-13(12-15-6-4-3-5-7-15)14(2)16-8-10-17-11-9-16/h3-7,12H,2,8-11H2,1H3/b13-12+. The van der Waals surface area contributed by atoms with E-state index < -0.39 is 0 Å². The Morgan fingerprint density at radius 3 is 2.53 bits per heavy atom. The molecule has 1 heterocycles. The third-order valence-electron chi connectivity index (χ3n) is 3.03. The fourth-order valence-corrected chi connectivity index (χ4v) is 1.97. The molecule has 1 aliphatic rings. The van der Waals surface area contributed by atoms with Crippen LogP contribution >= 0.6 is 0 Å². The van der Waals surface area contributed by atoms with Gasteiger partial charge < -0.3 is 9.64 Å². The van der Waals surface area contributed by atoms with Crippen molar-refractivity contribution in [3.63, 3.8) is 0 Å². The number of nitrogens with zero attached hydrogens (tertiary/aromatic N) is 1. The van der Waals surface area contributed by atoms with Crippen LogP contribution in [0.2, 0.25) is 0 Å². The van der Waals surface area contributed by atoms with Crippen LogP contribution in [0.25, 0.3) is 6.08 Å². The fraction of sp³-hybridized carbons (Fsp3) is 0.333. The lowest BCUT2D eigenvalue weighted by Gasteiger charge is -2.30. The molecule has 1 fully saturated rings. The van der Waals surface area contributed by atoms with Crippen LogP contribution in [0.4, 0.5) is 0 Å². The Kier molecular flexibility index (Phi) is 3.99. The molecule has 1 saturated heterocycles. The van der Waals surface area contributed by atoms with E-state index in [4.69, 9.17) is 4.74 Å². The summed E-state index contributed by atoms with van der Waals surface area (Å²) in [6, 6.07) is 10.4. The molecule has 0 amide bonds. The third kappa shape index (κ3) is 3.21. The first kappa shape index (κ1) is 11.9. The van der Waals surface area contributed by atoms with E-state index >= 15 is 0 Å². The average molecular weight is 229 g/mol. The third-order valence-corrected chi connectivity index (χ3v) is 3.03. The van der Waals surface area contributed by atoms with Crippen LogP contribution < -0.4 is 0 Å². The van der Waals surface area contributed by atoms with Crippen molar-refractivity contribution < 1.29 is 4.74 Å². The minimum atomic E-state index is 0.803. The zero-order valence-corrected chi connectivity index (χ0v) is 10.4. The second-order valence-corrected chi connectivity index (χ2v) is 4.28. The number of allylic oxidation sites excluding steroid dienone is 1. The molecule has 0 radical (unpaired) electrons. The van der Waals surface area contributed by atoms with Crippen molar-refractivity contribution in [2.45, 2.75) is 6.92 Å². The molecule has 1 aromatic carbocycles. The second-order valence-electron chi connectivity index (χ2n) is 4.28. The van der Waals surface area contributed by atoms with E-state index in [1.54, 1.807) is 0 Å². The summed E-state index contributed by atoms with van der Waals surface area (Å²) in [6.45, 7) is 9.79. The van der Waals surface area contributed by atoms with Crippen LogP contribution in [0.3, 0.4) is 0 Å².